The van der Waals surface area contributed by atoms with Crippen LogP contribution in [0, 0.1) is 5.82 Å². The molecular formula is C21H17FN4O3S. The van der Waals surface area contributed by atoms with Crippen molar-refractivity contribution in [2.24, 2.45) is 0 Å². The number of hydrogen-bond donors (Lipinski definition) is 2. The number of carbonyl (C=O) groups excluding carboxylic acids is 2. The summed E-state index contributed by atoms with van der Waals surface area (Å²) in [6.45, 7) is 0.171. The number of amides is 2. The number of thiazole rings is 1. The van der Waals surface area contributed by atoms with Crippen molar-refractivity contribution in [2.45, 2.75) is 6.42 Å². The molecule has 0 unspecified atom stereocenters. The van der Waals surface area contributed by atoms with E-state index in [-0.39, 0.29) is 30.6 Å². The molecule has 0 radical (unpaired) electrons. The molecule has 0 saturated heterocycles. The van der Waals surface area contributed by atoms with E-state index in [0.717, 1.165) is 0 Å². The topological polar surface area (TPSA) is 88.6 Å². The van der Waals surface area contributed by atoms with E-state index < -0.39 is 0 Å². The number of hydrogen-bond acceptors (Lipinski definition) is 5. The minimum Gasteiger partial charge on any atom is -0.465 e. The summed E-state index contributed by atoms with van der Waals surface area (Å²) in [5.41, 5.74) is 1.25. The van der Waals surface area contributed by atoms with Crippen LogP contribution in [0.25, 0.3) is 22.3 Å². The molecule has 0 aliphatic carbocycles. The van der Waals surface area contributed by atoms with E-state index in [0.29, 0.717) is 27.8 Å². The number of benzene rings is 1. The molecule has 0 bridgehead atoms. The Balaban J connectivity index is 1.39. The third-order valence-electron chi connectivity index (χ3n) is 4.23. The Morgan fingerprint density at radius 1 is 1.23 bits per heavy atom. The molecule has 0 aliphatic heterocycles. The van der Waals surface area contributed by atoms with E-state index >= 15 is 0 Å². The van der Waals surface area contributed by atoms with Gasteiger partial charge in [-0.1, -0.05) is 0 Å². The molecule has 4 rings (SSSR count). The van der Waals surface area contributed by atoms with Crippen LogP contribution in [0.1, 0.15) is 12.2 Å². The monoisotopic (exact) mass is 424 g/mol. The third kappa shape index (κ3) is 4.47. The number of aromatic nitrogens is 2. The second-order valence-electron chi connectivity index (χ2n) is 6.31. The van der Waals surface area contributed by atoms with Crippen molar-refractivity contribution in [3.63, 3.8) is 0 Å². The van der Waals surface area contributed by atoms with Gasteiger partial charge in [-0.15, -0.1) is 11.3 Å². The fraction of sp³-hybridized carbons (Fsp3) is 0.0952. The van der Waals surface area contributed by atoms with Gasteiger partial charge in [0.05, 0.1) is 6.26 Å². The molecule has 0 spiro atoms. The molecule has 30 heavy (non-hydrogen) atoms. The van der Waals surface area contributed by atoms with Crippen molar-refractivity contribution in [3.05, 3.63) is 71.9 Å². The first-order chi connectivity index (χ1) is 14.6. The van der Waals surface area contributed by atoms with Crippen molar-refractivity contribution in [3.8, 4) is 11.3 Å². The van der Waals surface area contributed by atoms with Gasteiger partial charge in [0.15, 0.2) is 4.96 Å². The Morgan fingerprint density at radius 3 is 2.83 bits per heavy atom. The number of fused-ring (bicyclic) bond motifs is 1. The Labute approximate surface area is 174 Å². The zero-order valence-corrected chi connectivity index (χ0v) is 16.5. The maximum Gasteiger partial charge on any atom is 0.244 e. The molecule has 1 aromatic carbocycles. The predicted molar refractivity (Wildman–Crippen MR) is 112 cm³/mol. The molecule has 3 heterocycles. The van der Waals surface area contributed by atoms with E-state index in [2.05, 4.69) is 15.6 Å². The van der Waals surface area contributed by atoms with Crippen LogP contribution in [0.2, 0.25) is 0 Å². The highest BCUT2D eigenvalue weighted by Gasteiger charge is 2.17. The molecule has 0 fully saturated rings. The number of rotatable bonds is 7. The van der Waals surface area contributed by atoms with Crippen molar-refractivity contribution < 1.29 is 18.4 Å². The highest BCUT2D eigenvalue weighted by atomic mass is 32.1. The SMILES string of the molecule is O=C(/C=C/c1ccco1)NCCC(=O)Nc1c(-c2ccc(F)cc2)nc2sccn12. The van der Waals surface area contributed by atoms with E-state index in [1.165, 1.54) is 35.8 Å². The van der Waals surface area contributed by atoms with Gasteiger partial charge in [-0.2, -0.15) is 0 Å². The fourth-order valence-corrected chi connectivity index (χ4v) is 3.52. The summed E-state index contributed by atoms with van der Waals surface area (Å²) in [7, 11) is 0. The van der Waals surface area contributed by atoms with Gasteiger partial charge in [0.25, 0.3) is 0 Å². The lowest BCUT2D eigenvalue weighted by atomic mass is 10.1. The van der Waals surface area contributed by atoms with Crippen LogP contribution in [-0.4, -0.2) is 27.7 Å². The van der Waals surface area contributed by atoms with Gasteiger partial charge in [-0.25, -0.2) is 9.37 Å². The van der Waals surface area contributed by atoms with Crippen LogP contribution in [0.4, 0.5) is 10.2 Å². The van der Waals surface area contributed by atoms with Crippen LogP contribution in [-0.2, 0) is 9.59 Å². The maximum atomic E-state index is 13.3. The summed E-state index contributed by atoms with van der Waals surface area (Å²) in [6.07, 6.45) is 6.29. The van der Waals surface area contributed by atoms with Crippen LogP contribution < -0.4 is 10.6 Å². The summed E-state index contributed by atoms with van der Waals surface area (Å²) in [4.78, 5) is 29.5. The Hall–Kier alpha value is -3.72. The summed E-state index contributed by atoms with van der Waals surface area (Å²) in [5, 5.41) is 7.36. The molecule has 152 valence electrons. The minimum absolute atomic E-state index is 0.0839. The van der Waals surface area contributed by atoms with Gasteiger partial charge in [0.2, 0.25) is 11.8 Å². The number of furan rings is 1. The lowest BCUT2D eigenvalue weighted by molar-refractivity contribution is -0.117. The summed E-state index contributed by atoms with van der Waals surface area (Å²) >= 11 is 1.43. The first kappa shape index (κ1) is 19.6. The van der Waals surface area contributed by atoms with Gasteiger partial charge in [0.1, 0.15) is 23.1 Å². The van der Waals surface area contributed by atoms with Gasteiger partial charge in [-0.05, 0) is 42.5 Å². The van der Waals surface area contributed by atoms with E-state index in [1.807, 2.05) is 5.38 Å². The van der Waals surface area contributed by atoms with Crippen molar-refractivity contribution in [1.29, 1.82) is 0 Å². The lowest BCUT2D eigenvalue weighted by Crippen LogP contribution is -2.26. The second-order valence-corrected chi connectivity index (χ2v) is 7.18. The van der Waals surface area contributed by atoms with Crippen LogP contribution >= 0.6 is 11.3 Å². The lowest BCUT2D eigenvalue weighted by Gasteiger charge is -2.07. The number of nitrogens with one attached hydrogen (secondary N) is 2. The number of nitrogens with zero attached hydrogens (tertiary/aromatic N) is 2. The number of anilines is 1. The number of halogens is 1. The van der Waals surface area contributed by atoms with E-state index in [1.54, 1.807) is 40.9 Å². The minimum atomic E-state index is -0.345. The summed E-state index contributed by atoms with van der Waals surface area (Å²) in [6, 6.07) is 9.38. The fourth-order valence-electron chi connectivity index (χ4n) is 2.81. The molecule has 3 aromatic heterocycles. The normalized spacial score (nSPS) is 11.2. The first-order valence-electron chi connectivity index (χ1n) is 9.11. The average molecular weight is 424 g/mol. The smallest absolute Gasteiger partial charge is 0.244 e. The standard InChI is InChI=1S/C21H17FN4O3S/c22-15-5-3-14(4-6-15)19-20(26-11-13-30-21(26)25-19)24-18(28)9-10-23-17(27)8-7-16-2-1-12-29-16/h1-8,11-13H,9-10H2,(H,23,27)(H,24,28)/b8-7+. The quantitative estimate of drug-likeness (QED) is 0.440. The molecule has 9 heteroatoms. The van der Waals surface area contributed by atoms with Crippen LogP contribution in [0.5, 0.6) is 0 Å². The number of imidazole rings is 1. The zero-order chi connectivity index (χ0) is 20.9. The summed E-state index contributed by atoms with van der Waals surface area (Å²) < 4.78 is 20.1. The van der Waals surface area contributed by atoms with Crippen molar-refractivity contribution in [2.75, 3.05) is 11.9 Å². The van der Waals surface area contributed by atoms with Gasteiger partial charge in [-0.3, -0.25) is 14.0 Å². The molecule has 7 nitrogen and oxygen atoms in total. The van der Waals surface area contributed by atoms with Gasteiger partial charge < -0.3 is 15.1 Å². The third-order valence-corrected chi connectivity index (χ3v) is 4.99. The Bertz CT molecular complexity index is 1190. The highest BCUT2D eigenvalue weighted by molar-refractivity contribution is 7.15. The average Bonchev–Trinajstić information content (AvgIpc) is 3.46. The molecule has 4 aromatic rings. The first-order valence-corrected chi connectivity index (χ1v) is 9.99. The molecule has 2 N–H and O–H groups in total. The summed E-state index contributed by atoms with van der Waals surface area (Å²) in [5.74, 6) is 0.128. The van der Waals surface area contributed by atoms with Crippen LogP contribution in [0.3, 0.4) is 0 Å². The second kappa shape index (κ2) is 8.75. The predicted octanol–water partition coefficient (Wildman–Crippen LogP) is 3.95. The molecule has 0 atom stereocenters. The highest BCUT2D eigenvalue weighted by Crippen LogP contribution is 2.30. The zero-order valence-electron chi connectivity index (χ0n) is 15.7. The van der Waals surface area contributed by atoms with Crippen molar-refractivity contribution >= 4 is 40.0 Å². The molecule has 2 amide bonds. The Morgan fingerprint density at radius 2 is 2.07 bits per heavy atom. The van der Waals surface area contributed by atoms with E-state index in [9.17, 15) is 14.0 Å². The van der Waals surface area contributed by atoms with Crippen molar-refractivity contribution in [1.82, 2.24) is 14.7 Å². The molecule has 0 saturated carbocycles. The van der Waals surface area contributed by atoms with Gasteiger partial charge in [0, 0.05) is 36.2 Å². The Kier molecular flexibility index (Phi) is 5.71. The maximum absolute atomic E-state index is 13.3. The molecule has 0 aliphatic rings. The number of carbonyl (C=O) groups is 2. The van der Waals surface area contributed by atoms with E-state index in [4.69, 9.17) is 4.42 Å². The van der Waals surface area contributed by atoms with Crippen LogP contribution in [0.15, 0.2) is 64.7 Å². The molecular weight excluding hydrogens is 407 g/mol. The largest absolute Gasteiger partial charge is 0.465 e. The van der Waals surface area contributed by atoms with Gasteiger partial charge >= 0.3 is 0 Å².